The van der Waals surface area contributed by atoms with Crippen LogP contribution in [0.3, 0.4) is 0 Å². The fourth-order valence-electron chi connectivity index (χ4n) is 4.19. The van der Waals surface area contributed by atoms with Gasteiger partial charge in [0.1, 0.15) is 28.4 Å². The molecule has 1 heterocycles. The molecule has 0 fully saturated rings. The lowest BCUT2D eigenvalue weighted by Gasteiger charge is -2.23. The summed E-state index contributed by atoms with van der Waals surface area (Å²) in [6, 6.07) is 22.0. The molecule has 4 aromatic rings. The predicted octanol–water partition coefficient (Wildman–Crippen LogP) is 5.79. The van der Waals surface area contributed by atoms with E-state index >= 15 is 0 Å². The molecule has 3 aromatic carbocycles. The number of carbonyl (C=O) groups excluding carboxylic acids is 1. The van der Waals surface area contributed by atoms with Gasteiger partial charge in [-0.3, -0.25) is 4.79 Å². The van der Waals surface area contributed by atoms with Gasteiger partial charge in [0.25, 0.3) is 0 Å². The van der Waals surface area contributed by atoms with Crippen LogP contribution in [0.2, 0.25) is 0 Å². The minimum Gasteiger partial charge on any atom is -0.598 e. The molecule has 0 saturated carbocycles. The number of hydrogen-bond donors (Lipinski definition) is 2. The molecule has 0 amide bonds. The number of hydrogen-bond acceptors (Lipinski definition) is 7. The van der Waals surface area contributed by atoms with Gasteiger partial charge in [-0.2, -0.15) is 0 Å². The number of rotatable bonds is 11. The van der Waals surface area contributed by atoms with Gasteiger partial charge in [-0.25, -0.2) is 0 Å². The van der Waals surface area contributed by atoms with E-state index in [1.54, 1.807) is 0 Å². The Balaban J connectivity index is 1.63. The lowest BCUT2D eigenvalue weighted by molar-refractivity contribution is -0.140. The summed E-state index contributed by atoms with van der Waals surface area (Å²) in [7, 11) is 0. The Bertz CT molecular complexity index is 1430. The van der Waals surface area contributed by atoms with E-state index in [2.05, 4.69) is 22.9 Å². The highest BCUT2D eigenvalue weighted by Gasteiger charge is 2.26. The number of ether oxygens (including phenoxy) is 2. The number of esters is 1. The Morgan fingerprint density at radius 3 is 2.59 bits per heavy atom. The van der Waals surface area contributed by atoms with Crippen molar-refractivity contribution >= 4 is 28.3 Å². The van der Waals surface area contributed by atoms with Crippen molar-refractivity contribution in [1.82, 2.24) is 4.72 Å². The molecular weight excluding hydrogens is 512 g/mol. The van der Waals surface area contributed by atoms with Gasteiger partial charge in [-0.05, 0) is 73.4 Å². The van der Waals surface area contributed by atoms with E-state index in [1.807, 2.05) is 69.3 Å². The third-order valence-electron chi connectivity index (χ3n) is 6.18. The van der Waals surface area contributed by atoms with Gasteiger partial charge < -0.3 is 24.2 Å². The zero-order valence-electron chi connectivity index (χ0n) is 22.9. The highest BCUT2D eigenvalue weighted by atomic mass is 32.2. The molecule has 39 heavy (non-hydrogen) atoms. The van der Waals surface area contributed by atoms with Gasteiger partial charge in [-0.15, -0.1) is 4.72 Å². The average molecular weight is 549 g/mol. The number of carbonyl (C=O) groups is 1. The molecule has 7 nitrogen and oxygen atoms in total. The first kappa shape index (κ1) is 28.7. The molecule has 1 atom stereocenters. The van der Waals surface area contributed by atoms with Gasteiger partial charge in [-0.1, -0.05) is 36.4 Å². The van der Waals surface area contributed by atoms with E-state index in [0.29, 0.717) is 38.5 Å². The van der Waals surface area contributed by atoms with Crippen molar-refractivity contribution in [3.63, 3.8) is 0 Å². The van der Waals surface area contributed by atoms with Crippen LogP contribution in [0.15, 0.2) is 71.1 Å². The number of benzene rings is 3. The van der Waals surface area contributed by atoms with E-state index in [-0.39, 0.29) is 10.7 Å². The Morgan fingerprint density at radius 2 is 1.85 bits per heavy atom. The standard InChI is InChI=1S/C31H36N2O5S/c1-21(34)36-13-12-24-9-5-6-11-29(24)37-20-23-15-26-17-27(19-33-39(35)31(2,3)4)38-30(26)28(16-23)25-10-7-8-22(14-25)18-32/h5-11,14-17,33H,12-13,18-20,32H2,1-4H3. The summed E-state index contributed by atoms with van der Waals surface area (Å²) in [5.41, 5.74) is 11.6. The highest BCUT2D eigenvalue weighted by molar-refractivity contribution is 7.90. The van der Waals surface area contributed by atoms with Crippen LogP contribution in [0.25, 0.3) is 22.1 Å². The maximum Gasteiger partial charge on any atom is 0.302 e. The first-order valence-corrected chi connectivity index (χ1v) is 14.1. The van der Waals surface area contributed by atoms with Crippen LogP contribution < -0.4 is 15.2 Å². The minimum absolute atomic E-state index is 0.299. The monoisotopic (exact) mass is 548 g/mol. The normalized spacial score (nSPS) is 12.5. The molecule has 206 valence electrons. The first-order chi connectivity index (χ1) is 18.6. The van der Waals surface area contributed by atoms with Gasteiger partial charge in [0.15, 0.2) is 0 Å². The van der Waals surface area contributed by atoms with Crippen LogP contribution in [0, 0.1) is 0 Å². The van der Waals surface area contributed by atoms with E-state index in [9.17, 15) is 9.35 Å². The summed E-state index contributed by atoms with van der Waals surface area (Å²) in [6.07, 6.45) is 0.569. The van der Waals surface area contributed by atoms with E-state index in [0.717, 1.165) is 44.5 Å². The molecule has 3 N–H and O–H groups in total. The topological polar surface area (TPSA) is 110 Å². The molecule has 8 heteroatoms. The number of fused-ring (bicyclic) bond motifs is 1. The van der Waals surface area contributed by atoms with E-state index in [1.165, 1.54) is 6.92 Å². The van der Waals surface area contributed by atoms with E-state index < -0.39 is 11.4 Å². The van der Waals surface area contributed by atoms with Crippen LogP contribution in [0.5, 0.6) is 5.75 Å². The maximum absolute atomic E-state index is 12.5. The SMILES string of the molecule is CC(=O)OCCc1ccccc1OCc1cc(-c2cccc(CN)c2)c2oc(CN[S+]([O-])C(C)(C)C)cc2c1. The maximum atomic E-state index is 12.5. The summed E-state index contributed by atoms with van der Waals surface area (Å²) in [6.45, 7) is 8.62. The number of nitrogens with one attached hydrogen (secondary N) is 1. The Morgan fingerprint density at radius 1 is 1.05 bits per heavy atom. The van der Waals surface area contributed by atoms with Crippen molar-refractivity contribution in [1.29, 1.82) is 0 Å². The fourth-order valence-corrected chi connectivity index (χ4v) is 4.90. The molecule has 0 radical (unpaired) electrons. The highest BCUT2D eigenvalue weighted by Crippen LogP contribution is 2.34. The third kappa shape index (κ3) is 7.64. The van der Waals surface area contributed by atoms with Gasteiger partial charge in [0.2, 0.25) is 0 Å². The van der Waals surface area contributed by atoms with Gasteiger partial charge >= 0.3 is 5.97 Å². The number of para-hydroxylation sites is 1. The lowest BCUT2D eigenvalue weighted by Crippen LogP contribution is -2.38. The zero-order valence-corrected chi connectivity index (χ0v) is 23.7. The van der Waals surface area contributed by atoms with Crippen molar-refractivity contribution in [3.8, 4) is 16.9 Å². The molecule has 1 unspecified atom stereocenters. The summed E-state index contributed by atoms with van der Waals surface area (Å²) in [5.74, 6) is 1.15. The van der Waals surface area contributed by atoms with Crippen molar-refractivity contribution in [2.24, 2.45) is 5.73 Å². The molecule has 1 aromatic heterocycles. The van der Waals surface area contributed by atoms with Crippen molar-refractivity contribution in [2.75, 3.05) is 6.61 Å². The number of nitrogens with two attached hydrogens (primary N) is 1. The molecule has 0 aliphatic rings. The fraction of sp³-hybridized carbons (Fsp3) is 0.323. The van der Waals surface area contributed by atoms with Crippen molar-refractivity contribution < 1.29 is 23.2 Å². The van der Waals surface area contributed by atoms with Crippen LogP contribution in [-0.2, 0) is 47.0 Å². The average Bonchev–Trinajstić information content (AvgIpc) is 3.33. The largest absolute Gasteiger partial charge is 0.598 e. The predicted molar refractivity (Wildman–Crippen MR) is 155 cm³/mol. The Kier molecular flexibility index (Phi) is 9.35. The molecular formula is C31H36N2O5S. The van der Waals surface area contributed by atoms with Crippen LogP contribution in [0.4, 0.5) is 0 Å². The summed E-state index contributed by atoms with van der Waals surface area (Å²) in [4.78, 5) is 11.2. The van der Waals surface area contributed by atoms with Crippen LogP contribution in [-0.4, -0.2) is 21.9 Å². The zero-order chi connectivity index (χ0) is 28.0. The molecule has 0 aliphatic heterocycles. The smallest absolute Gasteiger partial charge is 0.302 e. The van der Waals surface area contributed by atoms with Crippen LogP contribution >= 0.6 is 0 Å². The Labute approximate surface area is 233 Å². The second kappa shape index (κ2) is 12.7. The van der Waals surface area contributed by atoms with Gasteiger partial charge in [0.05, 0.1) is 13.2 Å². The lowest BCUT2D eigenvalue weighted by atomic mass is 9.99. The third-order valence-corrected chi connectivity index (χ3v) is 7.70. The summed E-state index contributed by atoms with van der Waals surface area (Å²) >= 11 is -1.21. The van der Waals surface area contributed by atoms with Crippen LogP contribution in [0.1, 0.15) is 50.1 Å². The molecule has 0 spiro atoms. The molecule has 4 rings (SSSR count). The summed E-state index contributed by atoms with van der Waals surface area (Å²) in [5, 5.41) is 0.936. The molecule has 0 aliphatic carbocycles. The minimum atomic E-state index is -1.21. The molecule has 0 bridgehead atoms. The summed E-state index contributed by atoms with van der Waals surface area (Å²) < 4.78 is 32.9. The number of furan rings is 1. The van der Waals surface area contributed by atoms with E-state index in [4.69, 9.17) is 19.6 Å². The second-order valence-corrected chi connectivity index (χ2v) is 12.4. The van der Waals surface area contributed by atoms with Crippen molar-refractivity contribution in [3.05, 3.63) is 89.2 Å². The quantitative estimate of drug-likeness (QED) is 0.180. The van der Waals surface area contributed by atoms with Gasteiger partial charge in [0, 0.05) is 42.2 Å². The Hall–Kier alpha value is -3.30. The second-order valence-electron chi connectivity index (χ2n) is 10.4. The first-order valence-electron chi connectivity index (χ1n) is 13.0. The molecule has 0 saturated heterocycles. The van der Waals surface area contributed by atoms with Crippen molar-refractivity contribution in [2.45, 2.75) is 58.6 Å².